The van der Waals surface area contributed by atoms with Crippen LogP contribution in [0, 0.1) is 0 Å². The molecular weight excluding hydrogens is 174 g/mol. The summed E-state index contributed by atoms with van der Waals surface area (Å²) in [6, 6.07) is 8.32. The largest absolute Gasteiger partial charge is 0.487 e. The first-order chi connectivity index (χ1) is 6.79. The monoisotopic (exact) mass is 189 g/mol. The summed E-state index contributed by atoms with van der Waals surface area (Å²) in [6.07, 6.45) is 4.63. The maximum atomic E-state index is 6.15. The van der Waals surface area contributed by atoms with Crippen LogP contribution >= 0.6 is 0 Å². The second kappa shape index (κ2) is 2.74. The van der Waals surface area contributed by atoms with Crippen molar-refractivity contribution >= 4 is 0 Å². The molecule has 14 heavy (non-hydrogen) atoms. The highest BCUT2D eigenvalue weighted by atomic mass is 16.5. The first-order valence-electron chi connectivity index (χ1n) is 5.33. The highest BCUT2D eigenvalue weighted by molar-refractivity contribution is 5.39. The van der Waals surface area contributed by atoms with Crippen molar-refractivity contribution in [3.8, 4) is 5.75 Å². The summed E-state index contributed by atoms with van der Waals surface area (Å²) in [4.78, 5) is 0. The van der Waals surface area contributed by atoms with E-state index in [0.29, 0.717) is 0 Å². The summed E-state index contributed by atoms with van der Waals surface area (Å²) in [5.41, 5.74) is 7.41. The minimum Gasteiger partial charge on any atom is -0.487 e. The number of nitrogens with two attached hydrogens (primary N) is 1. The molecule has 0 unspecified atom stereocenters. The number of rotatable bonds is 0. The highest BCUT2D eigenvalue weighted by Crippen LogP contribution is 2.47. The quantitative estimate of drug-likeness (QED) is 0.680. The zero-order valence-electron chi connectivity index (χ0n) is 8.20. The maximum absolute atomic E-state index is 6.15. The Kier molecular flexibility index (Phi) is 1.62. The molecule has 1 spiro atoms. The molecule has 2 nitrogen and oxygen atoms in total. The van der Waals surface area contributed by atoms with E-state index in [2.05, 4.69) is 6.07 Å². The Hall–Kier alpha value is -1.02. The number of ether oxygens (including phenoxy) is 1. The van der Waals surface area contributed by atoms with Gasteiger partial charge >= 0.3 is 0 Å². The lowest BCUT2D eigenvalue weighted by atomic mass is 9.73. The summed E-state index contributed by atoms with van der Waals surface area (Å²) in [5, 5.41) is 0. The molecule has 0 aromatic heterocycles. The fraction of sp³-hybridized carbons (Fsp3) is 0.500. The van der Waals surface area contributed by atoms with Crippen molar-refractivity contribution in [2.24, 2.45) is 5.73 Å². The van der Waals surface area contributed by atoms with Gasteiger partial charge in [0.15, 0.2) is 0 Å². The van der Waals surface area contributed by atoms with Gasteiger partial charge in [-0.05, 0) is 25.3 Å². The van der Waals surface area contributed by atoms with Gasteiger partial charge in [-0.3, -0.25) is 0 Å². The van der Waals surface area contributed by atoms with E-state index < -0.39 is 0 Å². The average Bonchev–Trinajstić information content (AvgIpc) is 2.15. The van der Waals surface area contributed by atoms with Crippen molar-refractivity contribution in [3.63, 3.8) is 0 Å². The lowest BCUT2D eigenvalue weighted by molar-refractivity contribution is -0.0329. The van der Waals surface area contributed by atoms with Crippen LogP contribution in [0.3, 0.4) is 0 Å². The molecule has 2 heteroatoms. The van der Waals surface area contributed by atoms with Crippen molar-refractivity contribution in [1.29, 1.82) is 0 Å². The van der Waals surface area contributed by atoms with Gasteiger partial charge in [0.25, 0.3) is 0 Å². The van der Waals surface area contributed by atoms with Crippen molar-refractivity contribution < 1.29 is 4.74 Å². The first-order valence-corrected chi connectivity index (χ1v) is 5.33. The number of benzene rings is 1. The smallest absolute Gasteiger partial charge is 0.124 e. The van der Waals surface area contributed by atoms with Gasteiger partial charge in [-0.1, -0.05) is 18.2 Å². The van der Waals surface area contributed by atoms with Gasteiger partial charge in [0.05, 0.1) is 0 Å². The van der Waals surface area contributed by atoms with E-state index in [9.17, 15) is 0 Å². The molecule has 0 bridgehead atoms. The van der Waals surface area contributed by atoms with E-state index in [1.807, 2.05) is 18.2 Å². The fourth-order valence-electron chi connectivity index (χ4n) is 2.54. The highest BCUT2D eigenvalue weighted by Gasteiger charge is 2.44. The molecule has 2 aliphatic rings. The molecule has 0 radical (unpaired) electrons. The van der Waals surface area contributed by atoms with E-state index in [1.165, 1.54) is 24.8 Å². The number of hydrogen-bond donors (Lipinski definition) is 1. The molecule has 2 N–H and O–H groups in total. The third-order valence-corrected chi connectivity index (χ3v) is 3.50. The second-order valence-electron chi connectivity index (χ2n) is 4.49. The molecule has 1 aliphatic heterocycles. The number of para-hydroxylation sites is 1. The molecule has 1 saturated carbocycles. The minimum absolute atomic E-state index is 0.0910. The van der Waals surface area contributed by atoms with Crippen molar-refractivity contribution in [2.75, 3.05) is 0 Å². The molecule has 1 heterocycles. The van der Waals surface area contributed by atoms with Gasteiger partial charge in [-0.2, -0.15) is 0 Å². The zero-order chi connectivity index (χ0) is 9.60. The lowest BCUT2D eigenvalue weighted by Crippen LogP contribution is -2.48. The topological polar surface area (TPSA) is 35.2 Å². The minimum atomic E-state index is 0.0910. The summed E-state index contributed by atoms with van der Waals surface area (Å²) in [7, 11) is 0. The summed E-state index contributed by atoms with van der Waals surface area (Å²) in [5.74, 6) is 1.01. The molecule has 0 saturated heterocycles. The molecule has 1 aromatic rings. The van der Waals surface area contributed by atoms with Gasteiger partial charge < -0.3 is 10.5 Å². The Labute approximate surface area is 84.1 Å². The van der Waals surface area contributed by atoms with E-state index >= 15 is 0 Å². The molecular formula is C12H15NO. The normalized spacial score (nSPS) is 27.6. The Bertz CT molecular complexity index is 357. The molecule has 1 aromatic carbocycles. The van der Waals surface area contributed by atoms with E-state index in [0.717, 1.165) is 12.2 Å². The summed E-state index contributed by atoms with van der Waals surface area (Å²) in [6.45, 7) is 0. The average molecular weight is 189 g/mol. The van der Waals surface area contributed by atoms with Crippen molar-refractivity contribution in [2.45, 2.75) is 37.3 Å². The zero-order valence-corrected chi connectivity index (χ0v) is 8.20. The molecule has 0 amide bonds. The van der Waals surface area contributed by atoms with Crippen LogP contribution in [0.1, 0.15) is 37.3 Å². The van der Waals surface area contributed by atoms with Crippen LogP contribution in [-0.4, -0.2) is 5.60 Å². The van der Waals surface area contributed by atoms with Gasteiger partial charge in [-0.25, -0.2) is 0 Å². The summed E-state index contributed by atoms with van der Waals surface area (Å²) >= 11 is 0. The Morgan fingerprint density at radius 3 is 2.79 bits per heavy atom. The van der Waals surface area contributed by atoms with Crippen molar-refractivity contribution in [1.82, 2.24) is 0 Å². The Morgan fingerprint density at radius 2 is 2.07 bits per heavy atom. The van der Waals surface area contributed by atoms with Gasteiger partial charge in [0, 0.05) is 18.0 Å². The van der Waals surface area contributed by atoms with Crippen LogP contribution in [0.5, 0.6) is 5.75 Å². The predicted octanol–water partition coefficient (Wildman–Crippen LogP) is 2.39. The standard InChI is InChI=1S/C12H15NO/c13-10-8-12(6-3-7-12)14-11-5-2-1-4-9(10)11/h1-2,4-5,10H,3,6-8,13H2/t10-/m0/s1. The van der Waals surface area contributed by atoms with E-state index in [1.54, 1.807) is 0 Å². The van der Waals surface area contributed by atoms with Crippen LogP contribution in [0.15, 0.2) is 24.3 Å². The molecule has 1 atom stereocenters. The Balaban J connectivity index is 2.00. The summed E-state index contributed by atoms with van der Waals surface area (Å²) < 4.78 is 6.05. The predicted molar refractivity (Wildman–Crippen MR) is 55.2 cm³/mol. The van der Waals surface area contributed by atoms with Gasteiger partial charge in [0.1, 0.15) is 11.4 Å². The molecule has 74 valence electrons. The van der Waals surface area contributed by atoms with E-state index in [-0.39, 0.29) is 11.6 Å². The Morgan fingerprint density at radius 1 is 1.29 bits per heavy atom. The third kappa shape index (κ3) is 1.07. The molecule has 3 rings (SSSR count). The first kappa shape index (κ1) is 8.30. The second-order valence-corrected chi connectivity index (χ2v) is 4.49. The van der Waals surface area contributed by atoms with Crippen LogP contribution < -0.4 is 10.5 Å². The number of fused-ring (bicyclic) bond motifs is 1. The van der Waals surface area contributed by atoms with Crippen molar-refractivity contribution in [3.05, 3.63) is 29.8 Å². The van der Waals surface area contributed by atoms with Gasteiger partial charge in [0.2, 0.25) is 0 Å². The van der Waals surface area contributed by atoms with Crippen LogP contribution in [-0.2, 0) is 0 Å². The fourth-order valence-corrected chi connectivity index (χ4v) is 2.54. The van der Waals surface area contributed by atoms with Gasteiger partial charge in [-0.15, -0.1) is 0 Å². The van der Waals surface area contributed by atoms with E-state index in [4.69, 9.17) is 10.5 Å². The molecule has 1 aliphatic carbocycles. The van der Waals surface area contributed by atoms with Crippen LogP contribution in [0.25, 0.3) is 0 Å². The molecule has 1 fully saturated rings. The lowest BCUT2D eigenvalue weighted by Gasteiger charge is -2.47. The van der Waals surface area contributed by atoms with Crippen LogP contribution in [0.4, 0.5) is 0 Å². The number of hydrogen-bond acceptors (Lipinski definition) is 2. The SMILES string of the molecule is N[C@H]1CC2(CCC2)Oc2ccccc21. The third-order valence-electron chi connectivity index (χ3n) is 3.50. The maximum Gasteiger partial charge on any atom is 0.124 e. The van der Waals surface area contributed by atoms with Crippen LogP contribution in [0.2, 0.25) is 0 Å².